The summed E-state index contributed by atoms with van der Waals surface area (Å²) in [6.45, 7) is 0. The van der Waals surface area contributed by atoms with Gasteiger partial charge in [-0.05, 0) is 11.1 Å². The molecule has 0 bridgehead atoms. The maximum atomic E-state index is 11.8. The van der Waals surface area contributed by atoms with Crippen LogP contribution in [0.5, 0.6) is 0 Å². The molecule has 0 aliphatic carbocycles. The van der Waals surface area contributed by atoms with Gasteiger partial charge in [0, 0.05) is 25.0 Å². The first kappa shape index (κ1) is 22.9. The summed E-state index contributed by atoms with van der Waals surface area (Å²) in [5.41, 5.74) is 1.31. The first-order valence-electron chi connectivity index (χ1n) is 10.9. The average Bonchev–Trinajstić information content (AvgIpc) is 2.85. The Kier molecular flexibility index (Phi) is 7.34. The third kappa shape index (κ3) is 5.57. The van der Waals surface area contributed by atoms with Gasteiger partial charge in [0.1, 0.15) is 36.6 Å². The number of carbonyl (C=O) groups excluding carboxylic acids is 2. The van der Waals surface area contributed by atoms with Crippen LogP contribution in [-0.2, 0) is 23.8 Å². The summed E-state index contributed by atoms with van der Waals surface area (Å²) in [4.78, 5) is 23.5. The van der Waals surface area contributed by atoms with E-state index < -0.39 is 48.6 Å². The SMILES string of the molecule is O=C1C=CC[C@H]([C@H](O)[C@H](O[C@H](c2ccccc2)[C@@H](O)[C@H]2CC=CC(=O)O2)c2ccccc2)O1. The van der Waals surface area contributed by atoms with Crippen LogP contribution in [0.3, 0.4) is 0 Å². The molecular formula is C26H26O7. The van der Waals surface area contributed by atoms with E-state index in [0.29, 0.717) is 24.0 Å². The monoisotopic (exact) mass is 450 g/mol. The molecule has 2 aliphatic heterocycles. The second kappa shape index (κ2) is 10.6. The first-order valence-corrected chi connectivity index (χ1v) is 10.9. The van der Waals surface area contributed by atoms with Crippen LogP contribution in [0.15, 0.2) is 85.0 Å². The lowest BCUT2D eigenvalue weighted by Gasteiger charge is -2.36. The molecule has 2 N–H and O–H groups in total. The van der Waals surface area contributed by atoms with Gasteiger partial charge in [-0.1, -0.05) is 72.8 Å². The summed E-state index contributed by atoms with van der Waals surface area (Å²) in [6.07, 6.45) is 0.752. The van der Waals surface area contributed by atoms with E-state index in [2.05, 4.69) is 0 Å². The Hall–Kier alpha value is -3.26. The van der Waals surface area contributed by atoms with Crippen molar-refractivity contribution in [2.45, 2.75) is 49.5 Å². The van der Waals surface area contributed by atoms with Crippen molar-refractivity contribution >= 4 is 11.9 Å². The number of cyclic esters (lactones) is 2. The van der Waals surface area contributed by atoms with Gasteiger partial charge in [-0.2, -0.15) is 0 Å². The third-order valence-corrected chi connectivity index (χ3v) is 5.71. The Morgan fingerprint density at radius 3 is 1.45 bits per heavy atom. The lowest BCUT2D eigenvalue weighted by atomic mass is 9.94. The molecule has 2 aliphatic rings. The predicted octanol–water partition coefficient (Wildman–Crippen LogP) is 2.95. The molecule has 0 aromatic heterocycles. The third-order valence-electron chi connectivity index (χ3n) is 5.71. The number of benzene rings is 2. The lowest BCUT2D eigenvalue weighted by Crippen LogP contribution is -2.42. The summed E-state index contributed by atoms with van der Waals surface area (Å²) in [6, 6.07) is 18.1. The fraction of sp³-hybridized carbons (Fsp3) is 0.308. The standard InChI is InChI=1S/C26H26O7/c27-21-15-7-13-19(31-21)23(29)25(17-9-3-1-4-10-17)33-26(18-11-5-2-6-12-18)24(30)20-14-8-16-22(28)32-20/h1-12,15-16,19-20,23-26,29-30H,13-14H2/t19-,20-,23+,24+,25-,26-/m1/s1. The fourth-order valence-corrected chi connectivity index (χ4v) is 4.03. The summed E-state index contributed by atoms with van der Waals surface area (Å²) >= 11 is 0. The van der Waals surface area contributed by atoms with Gasteiger partial charge in [0.2, 0.25) is 0 Å². The van der Waals surface area contributed by atoms with E-state index >= 15 is 0 Å². The predicted molar refractivity (Wildman–Crippen MR) is 119 cm³/mol. The van der Waals surface area contributed by atoms with Crippen molar-refractivity contribution in [3.63, 3.8) is 0 Å². The van der Waals surface area contributed by atoms with Crippen LogP contribution in [0.4, 0.5) is 0 Å². The van der Waals surface area contributed by atoms with Crippen molar-refractivity contribution in [3.8, 4) is 0 Å². The molecule has 7 heteroatoms. The Bertz CT molecular complexity index is 920. The summed E-state index contributed by atoms with van der Waals surface area (Å²) in [7, 11) is 0. The molecule has 7 nitrogen and oxygen atoms in total. The number of esters is 2. The first-order chi connectivity index (χ1) is 16.0. The molecule has 0 saturated heterocycles. The molecular weight excluding hydrogens is 424 g/mol. The number of ether oxygens (including phenoxy) is 3. The fourth-order valence-electron chi connectivity index (χ4n) is 4.03. The molecule has 6 atom stereocenters. The zero-order valence-corrected chi connectivity index (χ0v) is 17.9. The number of hydrogen-bond donors (Lipinski definition) is 2. The van der Waals surface area contributed by atoms with Crippen molar-refractivity contribution in [1.29, 1.82) is 0 Å². The van der Waals surface area contributed by atoms with E-state index in [1.54, 1.807) is 36.4 Å². The minimum Gasteiger partial charge on any atom is -0.456 e. The molecule has 2 heterocycles. The maximum Gasteiger partial charge on any atom is 0.330 e. The van der Waals surface area contributed by atoms with Gasteiger partial charge in [0.25, 0.3) is 0 Å². The Morgan fingerprint density at radius 1 is 0.697 bits per heavy atom. The summed E-state index contributed by atoms with van der Waals surface area (Å²) < 4.78 is 17.1. The number of carbonyl (C=O) groups is 2. The van der Waals surface area contributed by atoms with Crippen LogP contribution in [-0.4, -0.2) is 46.6 Å². The van der Waals surface area contributed by atoms with Gasteiger partial charge < -0.3 is 24.4 Å². The van der Waals surface area contributed by atoms with Gasteiger partial charge >= 0.3 is 11.9 Å². The van der Waals surface area contributed by atoms with Crippen molar-refractivity contribution in [3.05, 3.63) is 96.1 Å². The average molecular weight is 450 g/mol. The second-order valence-corrected chi connectivity index (χ2v) is 8.01. The van der Waals surface area contributed by atoms with Gasteiger partial charge in [-0.25, -0.2) is 9.59 Å². The number of aliphatic hydroxyl groups is 2. The molecule has 2 aromatic rings. The minimum atomic E-state index is -1.20. The van der Waals surface area contributed by atoms with E-state index in [1.807, 2.05) is 36.4 Å². The van der Waals surface area contributed by atoms with E-state index in [4.69, 9.17) is 14.2 Å². The second-order valence-electron chi connectivity index (χ2n) is 8.01. The molecule has 172 valence electrons. The molecule has 0 fully saturated rings. The summed E-state index contributed by atoms with van der Waals surface area (Å²) in [5, 5.41) is 22.4. The topological polar surface area (TPSA) is 102 Å². The van der Waals surface area contributed by atoms with E-state index in [0.717, 1.165) is 0 Å². The molecule has 2 aromatic carbocycles. The van der Waals surface area contributed by atoms with E-state index in [9.17, 15) is 19.8 Å². The van der Waals surface area contributed by atoms with Crippen molar-refractivity contribution in [2.24, 2.45) is 0 Å². The Balaban J connectivity index is 1.66. The van der Waals surface area contributed by atoms with Gasteiger partial charge in [-0.15, -0.1) is 0 Å². The minimum absolute atomic E-state index is 0.336. The summed E-state index contributed by atoms with van der Waals surface area (Å²) in [5.74, 6) is -1.06. The smallest absolute Gasteiger partial charge is 0.330 e. The molecule has 0 saturated carbocycles. The van der Waals surface area contributed by atoms with Gasteiger partial charge in [0.15, 0.2) is 0 Å². The highest BCUT2D eigenvalue weighted by atomic mass is 16.6. The van der Waals surface area contributed by atoms with Crippen molar-refractivity contribution < 1.29 is 34.0 Å². The van der Waals surface area contributed by atoms with Crippen LogP contribution in [0.2, 0.25) is 0 Å². The number of aliphatic hydroxyl groups excluding tert-OH is 2. The quantitative estimate of drug-likeness (QED) is 0.596. The number of hydrogen-bond acceptors (Lipinski definition) is 7. The Morgan fingerprint density at radius 2 is 1.09 bits per heavy atom. The molecule has 0 unspecified atom stereocenters. The largest absolute Gasteiger partial charge is 0.456 e. The van der Waals surface area contributed by atoms with Crippen LogP contribution >= 0.6 is 0 Å². The zero-order chi connectivity index (χ0) is 23.2. The van der Waals surface area contributed by atoms with Crippen LogP contribution in [0, 0.1) is 0 Å². The Labute approximate surface area is 191 Å². The van der Waals surface area contributed by atoms with Gasteiger partial charge in [-0.3, -0.25) is 0 Å². The van der Waals surface area contributed by atoms with Crippen LogP contribution < -0.4 is 0 Å². The van der Waals surface area contributed by atoms with Crippen LogP contribution in [0.25, 0.3) is 0 Å². The molecule has 0 radical (unpaired) electrons. The molecule has 4 rings (SSSR count). The van der Waals surface area contributed by atoms with Gasteiger partial charge in [0.05, 0.1) is 0 Å². The highest BCUT2D eigenvalue weighted by molar-refractivity contribution is 5.83. The number of rotatable bonds is 8. The van der Waals surface area contributed by atoms with E-state index in [1.165, 1.54) is 12.2 Å². The molecule has 0 spiro atoms. The normalized spacial score (nSPS) is 23.8. The highest BCUT2D eigenvalue weighted by Gasteiger charge is 2.39. The van der Waals surface area contributed by atoms with Crippen molar-refractivity contribution in [1.82, 2.24) is 0 Å². The molecule has 33 heavy (non-hydrogen) atoms. The molecule has 0 amide bonds. The maximum absolute atomic E-state index is 11.8. The van der Waals surface area contributed by atoms with E-state index in [-0.39, 0.29) is 0 Å². The zero-order valence-electron chi connectivity index (χ0n) is 17.9. The van der Waals surface area contributed by atoms with Crippen LogP contribution in [0.1, 0.15) is 36.2 Å². The lowest BCUT2D eigenvalue weighted by molar-refractivity contribution is -0.184. The highest BCUT2D eigenvalue weighted by Crippen LogP contribution is 2.36. The van der Waals surface area contributed by atoms with Crippen molar-refractivity contribution in [2.75, 3.05) is 0 Å².